The zero-order chi connectivity index (χ0) is 11.7. The molecular weight excluding hydrogens is 196 g/mol. The molecule has 1 unspecified atom stereocenters. The van der Waals surface area contributed by atoms with Crippen molar-refractivity contribution in [3.63, 3.8) is 0 Å². The standard InChI is InChI=1S/C15H22O/c1-10-7-11(2)15(12(3)8-10)14(16)9-13-5-4-6-13/h7-8,13-14,16H,4-6,9H2,1-3H3. The quantitative estimate of drug-likeness (QED) is 0.817. The van der Waals surface area contributed by atoms with Gasteiger partial charge < -0.3 is 5.11 Å². The van der Waals surface area contributed by atoms with Crippen molar-refractivity contribution in [1.82, 2.24) is 0 Å². The number of rotatable bonds is 3. The molecule has 16 heavy (non-hydrogen) atoms. The van der Waals surface area contributed by atoms with Crippen LogP contribution in [0.2, 0.25) is 0 Å². The molecule has 1 aromatic carbocycles. The third kappa shape index (κ3) is 2.30. The molecule has 1 aliphatic rings. The second-order valence-electron chi connectivity index (χ2n) is 5.36. The van der Waals surface area contributed by atoms with Crippen LogP contribution in [-0.4, -0.2) is 5.11 Å². The first-order chi connectivity index (χ1) is 7.58. The van der Waals surface area contributed by atoms with Crippen molar-refractivity contribution in [3.05, 3.63) is 34.4 Å². The van der Waals surface area contributed by atoms with Crippen LogP contribution in [-0.2, 0) is 0 Å². The van der Waals surface area contributed by atoms with Gasteiger partial charge in [0.15, 0.2) is 0 Å². The van der Waals surface area contributed by atoms with Crippen molar-refractivity contribution in [2.24, 2.45) is 5.92 Å². The summed E-state index contributed by atoms with van der Waals surface area (Å²) in [7, 11) is 0. The van der Waals surface area contributed by atoms with E-state index in [0.717, 1.165) is 17.9 Å². The van der Waals surface area contributed by atoms with Gasteiger partial charge in [-0.15, -0.1) is 0 Å². The van der Waals surface area contributed by atoms with E-state index in [9.17, 15) is 5.11 Å². The summed E-state index contributed by atoms with van der Waals surface area (Å²) in [6, 6.07) is 4.35. The molecule has 0 aliphatic heterocycles. The molecule has 1 atom stereocenters. The second-order valence-corrected chi connectivity index (χ2v) is 5.36. The Morgan fingerprint density at radius 1 is 1.19 bits per heavy atom. The highest BCUT2D eigenvalue weighted by atomic mass is 16.3. The number of hydrogen-bond acceptors (Lipinski definition) is 1. The Hall–Kier alpha value is -0.820. The maximum absolute atomic E-state index is 10.3. The predicted octanol–water partition coefficient (Wildman–Crippen LogP) is 3.84. The van der Waals surface area contributed by atoms with Crippen LogP contribution < -0.4 is 0 Å². The molecule has 1 heteroatoms. The summed E-state index contributed by atoms with van der Waals surface area (Å²) in [5.74, 6) is 0.759. The van der Waals surface area contributed by atoms with Crippen molar-refractivity contribution >= 4 is 0 Å². The van der Waals surface area contributed by atoms with Gasteiger partial charge in [0.2, 0.25) is 0 Å². The van der Waals surface area contributed by atoms with Gasteiger partial charge in [-0.1, -0.05) is 37.0 Å². The van der Waals surface area contributed by atoms with Gasteiger partial charge in [0.05, 0.1) is 6.10 Å². The van der Waals surface area contributed by atoms with Crippen LogP contribution in [0.15, 0.2) is 12.1 Å². The summed E-state index contributed by atoms with van der Waals surface area (Å²) >= 11 is 0. The molecule has 1 aliphatic carbocycles. The topological polar surface area (TPSA) is 20.2 Å². The molecule has 1 aromatic rings. The lowest BCUT2D eigenvalue weighted by molar-refractivity contribution is 0.117. The monoisotopic (exact) mass is 218 g/mol. The molecule has 0 radical (unpaired) electrons. The van der Waals surface area contributed by atoms with Crippen molar-refractivity contribution in [2.45, 2.75) is 52.6 Å². The molecular formula is C15H22O. The Balaban J connectivity index is 2.17. The minimum absolute atomic E-state index is 0.258. The van der Waals surface area contributed by atoms with Crippen LogP contribution in [0, 0.1) is 26.7 Å². The van der Waals surface area contributed by atoms with Gasteiger partial charge in [0.1, 0.15) is 0 Å². The highest BCUT2D eigenvalue weighted by molar-refractivity contribution is 5.38. The average molecular weight is 218 g/mol. The number of aliphatic hydroxyl groups is 1. The minimum Gasteiger partial charge on any atom is -0.388 e. The first-order valence-corrected chi connectivity index (χ1v) is 6.33. The molecule has 0 saturated heterocycles. The lowest BCUT2D eigenvalue weighted by atomic mass is 9.79. The largest absolute Gasteiger partial charge is 0.388 e. The Labute approximate surface area is 98.5 Å². The Kier molecular flexibility index (Phi) is 3.34. The normalized spacial score (nSPS) is 18.2. The van der Waals surface area contributed by atoms with Crippen LogP contribution in [0.25, 0.3) is 0 Å². The average Bonchev–Trinajstić information content (AvgIpc) is 2.09. The van der Waals surface area contributed by atoms with Gasteiger partial charge in [0, 0.05) is 0 Å². The van der Waals surface area contributed by atoms with E-state index in [1.54, 1.807) is 0 Å². The van der Waals surface area contributed by atoms with Gasteiger partial charge in [-0.25, -0.2) is 0 Å². The third-order valence-electron chi connectivity index (χ3n) is 3.85. The van der Waals surface area contributed by atoms with E-state index in [4.69, 9.17) is 0 Å². The molecule has 2 rings (SSSR count). The molecule has 0 spiro atoms. The number of hydrogen-bond donors (Lipinski definition) is 1. The molecule has 0 bridgehead atoms. The van der Waals surface area contributed by atoms with Crippen LogP contribution >= 0.6 is 0 Å². The highest BCUT2D eigenvalue weighted by Crippen LogP contribution is 2.36. The van der Waals surface area contributed by atoms with E-state index in [-0.39, 0.29) is 6.10 Å². The summed E-state index contributed by atoms with van der Waals surface area (Å²) in [5.41, 5.74) is 4.93. The first kappa shape index (κ1) is 11.7. The van der Waals surface area contributed by atoms with Gasteiger partial charge in [-0.05, 0) is 49.8 Å². The molecule has 0 heterocycles. The van der Waals surface area contributed by atoms with E-state index >= 15 is 0 Å². The van der Waals surface area contributed by atoms with Crippen molar-refractivity contribution in [2.75, 3.05) is 0 Å². The van der Waals surface area contributed by atoms with Gasteiger partial charge in [0.25, 0.3) is 0 Å². The summed E-state index contributed by atoms with van der Waals surface area (Å²) in [5, 5.41) is 10.3. The Morgan fingerprint density at radius 2 is 1.75 bits per heavy atom. The van der Waals surface area contributed by atoms with Crippen LogP contribution in [0.4, 0.5) is 0 Å². The summed E-state index contributed by atoms with van der Waals surface area (Å²) in [6.45, 7) is 6.33. The smallest absolute Gasteiger partial charge is 0.0797 e. The maximum Gasteiger partial charge on any atom is 0.0797 e. The number of aryl methyl sites for hydroxylation is 3. The molecule has 1 fully saturated rings. The summed E-state index contributed by atoms with van der Waals surface area (Å²) in [6.07, 6.45) is 4.65. The fraction of sp³-hybridized carbons (Fsp3) is 0.600. The zero-order valence-electron chi connectivity index (χ0n) is 10.6. The van der Waals surface area contributed by atoms with Crippen molar-refractivity contribution < 1.29 is 5.11 Å². The maximum atomic E-state index is 10.3. The van der Waals surface area contributed by atoms with E-state index in [0.29, 0.717) is 0 Å². The van der Waals surface area contributed by atoms with Gasteiger partial charge in [-0.3, -0.25) is 0 Å². The first-order valence-electron chi connectivity index (χ1n) is 6.33. The van der Waals surface area contributed by atoms with E-state index in [1.807, 2.05) is 0 Å². The van der Waals surface area contributed by atoms with E-state index < -0.39 is 0 Å². The fourth-order valence-electron chi connectivity index (χ4n) is 2.88. The van der Waals surface area contributed by atoms with Crippen LogP contribution in [0.3, 0.4) is 0 Å². The second kappa shape index (κ2) is 4.58. The third-order valence-corrected chi connectivity index (χ3v) is 3.85. The predicted molar refractivity (Wildman–Crippen MR) is 67.6 cm³/mol. The zero-order valence-corrected chi connectivity index (χ0v) is 10.6. The summed E-state index contributed by atoms with van der Waals surface area (Å²) < 4.78 is 0. The Morgan fingerprint density at radius 3 is 2.19 bits per heavy atom. The lowest BCUT2D eigenvalue weighted by Crippen LogP contribution is -2.16. The van der Waals surface area contributed by atoms with E-state index in [2.05, 4.69) is 32.9 Å². The number of benzene rings is 1. The minimum atomic E-state index is -0.258. The lowest BCUT2D eigenvalue weighted by Gasteiger charge is -2.28. The molecule has 1 nitrogen and oxygen atoms in total. The van der Waals surface area contributed by atoms with Crippen molar-refractivity contribution in [1.29, 1.82) is 0 Å². The highest BCUT2D eigenvalue weighted by Gasteiger charge is 2.23. The van der Waals surface area contributed by atoms with Crippen LogP contribution in [0.1, 0.15) is 54.0 Å². The van der Waals surface area contributed by atoms with Crippen molar-refractivity contribution in [3.8, 4) is 0 Å². The van der Waals surface area contributed by atoms with Crippen LogP contribution in [0.5, 0.6) is 0 Å². The number of aliphatic hydroxyl groups excluding tert-OH is 1. The molecule has 88 valence electrons. The van der Waals surface area contributed by atoms with Gasteiger partial charge >= 0.3 is 0 Å². The summed E-state index contributed by atoms with van der Waals surface area (Å²) in [4.78, 5) is 0. The van der Waals surface area contributed by atoms with E-state index in [1.165, 1.54) is 36.0 Å². The molecule has 1 saturated carbocycles. The van der Waals surface area contributed by atoms with Gasteiger partial charge in [-0.2, -0.15) is 0 Å². The Bertz CT molecular complexity index is 354. The molecule has 0 amide bonds. The fourth-order valence-corrected chi connectivity index (χ4v) is 2.88. The molecule has 0 aromatic heterocycles. The SMILES string of the molecule is Cc1cc(C)c(C(O)CC2CCC2)c(C)c1. The molecule has 1 N–H and O–H groups in total.